The fraction of sp³-hybridized carbons (Fsp3) is 0.692. The number of azide groups is 1. The first-order valence-electron chi connectivity index (χ1n) is 6.42. The minimum atomic E-state index is -1.05. The first-order chi connectivity index (χ1) is 9.69. The fourth-order valence-corrected chi connectivity index (χ4v) is 2.09. The Kier molecular flexibility index (Phi) is 4.85. The molecule has 1 atom stereocenters. The molecule has 1 fully saturated rings. The smallest absolute Gasteiger partial charge is 0.410 e. The van der Waals surface area contributed by atoms with Gasteiger partial charge in [-0.3, -0.25) is 4.79 Å². The molecule has 1 rings (SSSR count). The van der Waals surface area contributed by atoms with E-state index in [2.05, 4.69) is 21.3 Å². The van der Waals surface area contributed by atoms with Crippen molar-refractivity contribution in [3.05, 3.63) is 23.1 Å². The molecular formula is C13H20N4O4. The van der Waals surface area contributed by atoms with Crippen LogP contribution in [0.25, 0.3) is 10.4 Å². The van der Waals surface area contributed by atoms with Crippen molar-refractivity contribution in [2.75, 3.05) is 20.2 Å². The lowest BCUT2D eigenvalue weighted by Crippen LogP contribution is -2.64. The number of hydrogen-bond donors (Lipinski definition) is 0. The molecule has 8 nitrogen and oxygen atoms in total. The maximum atomic E-state index is 11.9. The molecule has 1 aliphatic rings. The minimum Gasteiger partial charge on any atom is -0.469 e. The van der Waals surface area contributed by atoms with Crippen LogP contribution in [0.15, 0.2) is 17.8 Å². The van der Waals surface area contributed by atoms with Gasteiger partial charge in [0.15, 0.2) is 0 Å². The molecule has 0 bridgehead atoms. The number of ether oxygens (including phenoxy) is 2. The van der Waals surface area contributed by atoms with Crippen molar-refractivity contribution in [3.63, 3.8) is 0 Å². The summed E-state index contributed by atoms with van der Waals surface area (Å²) in [6.07, 6.45) is 1.04. The van der Waals surface area contributed by atoms with Gasteiger partial charge in [0.2, 0.25) is 0 Å². The SMILES string of the molecule is C=CC1(C(N=[N+]=[N-])C(=O)OC)CN(C(=O)OC(C)(C)C)C1. The van der Waals surface area contributed by atoms with E-state index < -0.39 is 29.1 Å². The van der Waals surface area contributed by atoms with Crippen LogP contribution in [-0.4, -0.2) is 48.8 Å². The number of carbonyl (C=O) groups is 2. The molecule has 1 unspecified atom stereocenters. The second kappa shape index (κ2) is 6.05. The molecule has 0 saturated carbocycles. The van der Waals surface area contributed by atoms with Gasteiger partial charge >= 0.3 is 12.1 Å². The van der Waals surface area contributed by atoms with Crippen LogP contribution < -0.4 is 0 Å². The van der Waals surface area contributed by atoms with Crippen molar-refractivity contribution >= 4 is 12.1 Å². The minimum absolute atomic E-state index is 0.185. The monoisotopic (exact) mass is 296 g/mol. The zero-order valence-corrected chi connectivity index (χ0v) is 12.7. The summed E-state index contributed by atoms with van der Waals surface area (Å²) in [4.78, 5) is 27.7. The molecule has 21 heavy (non-hydrogen) atoms. The molecule has 0 aromatic carbocycles. The molecule has 0 aromatic rings. The van der Waals surface area contributed by atoms with E-state index in [1.54, 1.807) is 20.8 Å². The lowest BCUT2D eigenvalue weighted by atomic mass is 9.73. The highest BCUT2D eigenvalue weighted by atomic mass is 16.6. The van der Waals surface area contributed by atoms with E-state index in [1.165, 1.54) is 18.1 Å². The van der Waals surface area contributed by atoms with Gasteiger partial charge < -0.3 is 14.4 Å². The lowest BCUT2D eigenvalue weighted by Gasteiger charge is -2.50. The third-order valence-corrected chi connectivity index (χ3v) is 3.16. The van der Waals surface area contributed by atoms with Gasteiger partial charge in [0.05, 0.1) is 7.11 Å². The lowest BCUT2D eigenvalue weighted by molar-refractivity contribution is -0.147. The highest BCUT2D eigenvalue weighted by molar-refractivity contribution is 5.79. The van der Waals surface area contributed by atoms with Crippen LogP contribution in [0.1, 0.15) is 20.8 Å². The van der Waals surface area contributed by atoms with Crippen LogP contribution in [0.4, 0.5) is 4.79 Å². The number of methoxy groups -OCH3 is 1. The summed E-state index contributed by atoms with van der Waals surface area (Å²) in [5, 5.41) is 3.48. The Balaban J connectivity index is 2.83. The summed E-state index contributed by atoms with van der Waals surface area (Å²) in [6, 6.07) is -1.05. The molecule has 1 aliphatic heterocycles. The summed E-state index contributed by atoms with van der Waals surface area (Å²) in [5.74, 6) is -0.656. The second-order valence-corrected chi connectivity index (χ2v) is 5.90. The molecule has 1 heterocycles. The highest BCUT2D eigenvalue weighted by Crippen LogP contribution is 2.38. The number of nitrogens with zero attached hydrogens (tertiary/aromatic N) is 4. The van der Waals surface area contributed by atoms with Crippen molar-refractivity contribution in [2.45, 2.75) is 32.4 Å². The third-order valence-electron chi connectivity index (χ3n) is 3.16. The van der Waals surface area contributed by atoms with Gasteiger partial charge in [0.1, 0.15) is 11.6 Å². The summed E-state index contributed by atoms with van der Waals surface area (Å²) >= 11 is 0. The third kappa shape index (κ3) is 3.66. The molecule has 0 aromatic heterocycles. The number of hydrogen-bond acceptors (Lipinski definition) is 5. The summed E-state index contributed by atoms with van der Waals surface area (Å²) in [6.45, 7) is 9.34. The molecule has 0 N–H and O–H groups in total. The molecule has 1 amide bonds. The van der Waals surface area contributed by atoms with Crippen LogP contribution in [-0.2, 0) is 14.3 Å². The topological polar surface area (TPSA) is 105 Å². The Bertz CT molecular complexity index is 485. The molecule has 0 spiro atoms. The Labute approximate surface area is 123 Å². The van der Waals surface area contributed by atoms with E-state index in [-0.39, 0.29) is 13.1 Å². The molecule has 1 saturated heterocycles. The standard InChI is InChI=1S/C13H20N4O4/c1-6-13(9(15-16-14)10(18)20-5)7-17(8-13)11(19)21-12(2,3)4/h6,9H,1,7-8H2,2-5H3. The molecule has 0 radical (unpaired) electrons. The second-order valence-electron chi connectivity index (χ2n) is 5.90. The zero-order valence-electron chi connectivity index (χ0n) is 12.7. The van der Waals surface area contributed by atoms with Gasteiger partial charge in [-0.05, 0) is 26.3 Å². The van der Waals surface area contributed by atoms with Crippen molar-refractivity contribution in [3.8, 4) is 0 Å². The van der Waals surface area contributed by atoms with Gasteiger partial charge in [-0.1, -0.05) is 11.2 Å². The number of amides is 1. The predicted octanol–water partition coefficient (Wildman–Crippen LogP) is 2.26. The highest BCUT2D eigenvalue weighted by Gasteiger charge is 2.52. The molecule has 8 heteroatoms. The predicted molar refractivity (Wildman–Crippen MR) is 75.4 cm³/mol. The van der Waals surface area contributed by atoms with E-state index in [9.17, 15) is 9.59 Å². The maximum Gasteiger partial charge on any atom is 0.410 e. The van der Waals surface area contributed by atoms with Crippen LogP contribution >= 0.6 is 0 Å². The summed E-state index contributed by atoms with van der Waals surface area (Å²) < 4.78 is 9.88. The number of likely N-dealkylation sites (tertiary alicyclic amines) is 1. The van der Waals surface area contributed by atoms with Crippen LogP contribution in [0.5, 0.6) is 0 Å². The molecule has 0 aliphatic carbocycles. The van der Waals surface area contributed by atoms with Crippen LogP contribution in [0, 0.1) is 5.41 Å². The van der Waals surface area contributed by atoms with Gasteiger partial charge in [-0.2, -0.15) is 0 Å². The van der Waals surface area contributed by atoms with E-state index in [0.29, 0.717) is 0 Å². The number of rotatable bonds is 4. The Morgan fingerprint density at radius 2 is 2.05 bits per heavy atom. The Hall–Kier alpha value is -2.21. The Morgan fingerprint density at radius 3 is 2.43 bits per heavy atom. The quantitative estimate of drug-likeness (QED) is 0.261. The van der Waals surface area contributed by atoms with E-state index in [1.807, 2.05) is 0 Å². The zero-order chi connectivity index (χ0) is 16.3. The van der Waals surface area contributed by atoms with Crippen molar-refractivity contribution in [1.82, 2.24) is 4.90 Å². The number of esters is 1. The Morgan fingerprint density at radius 1 is 1.48 bits per heavy atom. The van der Waals surface area contributed by atoms with E-state index in [4.69, 9.17) is 10.3 Å². The van der Waals surface area contributed by atoms with Crippen molar-refractivity contribution in [2.24, 2.45) is 10.5 Å². The van der Waals surface area contributed by atoms with Crippen molar-refractivity contribution < 1.29 is 19.1 Å². The fourth-order valence-electron chi connectivity index (χ4n) is 2.09. The normalized spacial score (nSPS) is 17.8. The molecular weight excluding hydrogens is 276 g/mol. The largest absolute Gasteiger partial charge is 0.469 e. The van der Waals surface area contributed by atoms with Gasteiger partial charge in [-0.15, -0.1) is 6.58 Å². The summed E-state index contributed by atoms with van der Waals surface area (Å²) in [5.41, 5.74) is 7.17. The van der Waals surface area contributed by atoms with E-state index in [0.717, 1.165) is 0 Å². The first kappa shape index (κ1) is 16.8. The van der Waals surface area contributed by atoms with Gasteiger partial charge in [0.25, 0.3) is 0 Å². The average Bonchev–Trinajstić information content (AvgIpc) is 2.33. The van der Waals surface area contributed by atoms with Crippen LogP contribution in [0.2, 0.25) is 0 Å². The maximum absolute atomic E-state index is 11.9. The van der Waals surface area contributed by atoms with Crippen molar-refractivity contribution in [1.29, 1.82) is 0 Å². The molecule has 116 valence electrons. The van der Waals surface area contributed by atoms with Gasteiger partial charge in [-0.25, -0.2) is 4.79 Å². The summed E-state index contributed by atoms with van der Waals surface area (Å²) in [7, 11) is 1.21. The number of carbonyl (C=O) groups excluding carboxylic acids is 2. The van der Waals surface area contributed by atoms with Crippen LogP contribution in [0.3, 0.4) is 0 Å². The first-order valence-corrected chi connectivity index (χ1v) is 6.42. The average molecular weight is 296 g/mol. The van der Waals surface area contributed by atoms with Gasteiger partial charge in [0, 0.05) is 23.4 Å². The van der Waals surface area contributed by atoms with E-state index >= 15 is 0 Å².